The molecule has 1 aliphatic rings. The number of fused-ring (bicyclic) bond motifs is 1. The lowest BCUT2D eigenvalue weighted by Crippen LogP contribution is -2.30. The van der Waals surface area contributed by atoms with Crippen LogP contribution >= 0.6 is 0 Å². The van der Waals surface area contributed by atoms with E-state index in [0.29, 0.717) is 25.2 Å². The minimum Gasteiger partial charge on any atom is -0.349 e. The molecule has 3 rings (SSSR count). The van der Waals surface area contributed by atoms with Gasteiger partial charge in [0.25, 0.3) is 11.8 Å². The minimum atomic E-state index is -0.869. The highest BCUT2D eigenvalue weighted by molar-refractivity contribution is 6.05. The highest BCUT2D eigenvalue weighted by atomic mass is 19.1. The Labute approximate surface area is 156 Å². The molecular formula is C19H22F2N4O2. The molecule has 8 heteroatoms. The number of anilines is 1. The van der Waals surface area contributed by atoms with E-state index in [1.54, 1.807) is 4.57 Å². The van der Waals surface area contributed by atoms with E-state index in [-0.39, 0.29) is 23.3 Å². The van der Waals surface area contributed by atoms with Gasteiger partial charge >= 0.3 is 0 Å². The van der Waals surface area contributed by atoms with E-state index in [1.807, 2.05) is 13.8 Å². The number of aromatic nitrogens is 2. The number of nitrogens with one attached hydrogen (secondary N) is 2. The molecule has 0 saturated carbocycles. The highest BCUT2D eigenvalue weighted by Gasteiger charge is 2.28. The molecule has 2 aromatic rings. The lowest BCUT2D eigenvalue weighted by atomic mass is 10.1. The first-order valence-electron chi connectivity index (χ1n) is 9.01. The molecule has 27 heavy (non-hydrogen) atoms. The minimum absolute atomic E-state index is 0.0343. The third-order valence-electron chi connectivity index (χ3n) is 4.41. The van der Waals surface area contributed by atoms with Gasteiger partial charge in [0, 0.05) is 13.1 Å². The molecule has 0 atom stereocenters. The Morgan fingerprint density at radius 1 is 1.19 bits per heavy atom. The largest absolute Gasteiger partial charge is 0.349 e. The molecule has 0 spiro atoms. The zero-order valence-electron chi connectivity index (χ0n) is 15.3. The molecule has 2 amide bonds. The second kappa shape index (κ2) is 7.85. The van der Waals surface area contributed by atoms with Gasteiger partial charge in [0.1, 0.15) is 17.3 Å². The van der Waals surface area contributed by atoms with Crippen molar-refractivity contribution < 1.29 is 18.4 Å². The summed E-state index contributed by atoms with van der Waals surface area (Å²) in [5.41, 5.74) is 0.128. The molecule has 0 fully saturated rings. The summed E-state index contributed by atoms with van der Waals surface area (Å²) < 4.78 is 29.4. The van der Waals surface area contributed by atoms with E-state index in [9.17, 15) is 18.4 Å². The normalized spacial score (nSPS) is 13.4. The molecule has 0 saturated heterocycles. The third-order valence-corrected chi connectivity index (χ3v) is 4.41. The van der Waals surface area contributed by atoms with Crippen molar-refractivity contribution in [3.63, 3.8) is 0 Å². The van der Waals surface area contributed by atoms with Crippen LogP contribution in [0.15, 0.2) is 18.2 Å². The van der Waals surface area contributed by atoms with Crippen LogP contribution in [0.3, 0.4) is 0 Å². The van der Waals surface area contributed by atoms with Gasteiger partial charge in [0.2, 0.25) is 0 Å². The number of para-hydroxylation sites is 1. The first kappa shape index (κ1) is 19.0. The van der Waals surface area contributed by atoms with Crippen molar-refractivity contribution in [1.29, 1.82) is 0 Å². The molecule has 6 nitrogen and oxygen atoms in total. The van der Waals surface area contributed by atoms with Crippen molar-refractivity contribution in [2.75, 3.05) is 11.9 Å². The van der Waals surface area contributed by atoms with Gasteiger partial charge in [-0.3, -0.25) is 9.59 Å². The number of amides is 2. The number of rotatable bonds is 5. The van der Waals surface area contributed by atoms with Crippen LogP contribution in [0.1, 0.15) is 53.5 Å². The Kier molecular flexibility index (Phi) is 5.53. The van der Waals surface area contributed by atoms with E-state index in [4.69, 9.17) is 0 Å². The van der Waals surface area contributed by atoms with E-state index in [1.165, 1.54) is 6.07 Å². The number of benzene rings is 1. The van der Waals surface area contributed by atoms with Crippen LogP contribution in [-0.2, 0) is 13.0 Å². The average Bonchev–Trinajstić information content (AvgIpc) is 3.02. The predicted octanol–water partition coefficient (Wildman–Crippen LogP) is 3.14. The summed E-state index contributed by atoms with van der Waals surface area (Å²) in [6.45, 7) is 5.02. The molecule has 0 unspecified atom stereocenters. The zero-order chi connectivity index (χ0) is 19.6. The maximum atomic E-state index is 13.8. The molecule has 2 heterocycles. The van der Waals surface area contributed by atoms with Gasteiger partial charge in [0.05, 0.1) is 5.69 Å². The number of imidazole rings is 1. The van der Waals surface area contributed by atoms with Crippen molar-refractivity contribution in [3.05, 3.63) is 47.0 Å². The van der Waals surface area contributed by atoms with Crippen molar-refractivity contribution >= 4 is 17.5 Å². The van der Waals surface area contributed by atoms with Crippen LogP contribution in [0, 0.1) is 17.6 Å². The van der Waals surface area contributed by atoms with Gasteiger partial charge in [-0.2, -0.15) is 0 Å². The van der Waals surface area contributed by atoms with Gasteiger partial charge in [-0.05, 0) is 37.3 Å². The molecule has 0 radical (unpaired) electrons. The Bertz CT molecular complexity index is 857. The highest BCUT2D eigenvalue weighted by Crippen LogP contribution is 2.24. The molecule has 0 aliphatic carbocycles. The Morgan fingerprint density at radius 2 is 1.89 bits per heavy atom. The fourth-order valence-corrected chi connectivity index (χ4v) is 3.06. The molecule has 0 bridgehead atoms. The second-order valence-electron chi connectivity index (χ2n) is 6.99. The van der Waals surface area contributed by atoms with Crippen LogP contribution < -0.4 is 10.6 Å². The Morgan fingerprint density at radius 3 is 2.56 bits per heavy atom. The fraction of sp³-hybridized carbons (Fsp3) is 0.421. The summed E-state index contributed by atoms with van der Waals surface area (Å²) in [4.78, 5) is 29.3. The topological polar surface area (TPSA) is 76.0 Å². The number of hydrogen-bond donors (Lipinski definition) is 2. The van der Waals surface area contributed by atoms with Crippen LogP contribution in [0.4, 0.5) is 14.5 Å². The summed E-state index contributed by atoms with van der Waals surface area (Å²) >= 11 is 0. The van der Waals surface area contributed by atoms with Gasteiger partial charge in [-0.15, -0.1) is 0 Å². The molecule has 1 aromatic heterocycles. The molecule has 1 aliphatic heterocycles. The number of hydrogen-bond acceptors (Lipinski definition) is 3. The van der Waals surface area contributed by atoms with Gasteiger partial charge in [-0.25, -0.2) is 13.8 Å². The summed E-state index contributed by atoms with van der Waals surface area (Å²) in [7, 11) is 0. The first-order chi connectivity index (χ1) is 12.9. The molecule has 1 aromatic carbocycles. The number of halogens is 2. The fourth-order valence-electron chi connectivity index (χ4n) is 3.06. The van der Waals surface area contributed by atoms with E-state index in [2.05, 4.69) is 15.6 Å². The SMILES string of the molecule is CC(C)CNC(=O)c1nc(C(=O)Nc2c(F)cccc2F)c2n1CCCC2. The smallest absolute Gasteiger partial charge is 0.287 e. The Balaban J connectivity index is 1.91. The van der Waals surface area contributed by atoms with E-state index < -0.39 is 23.2 Å². The van der Waals surface area contributed by atoms with Crippen molar-refractivity contribution in [3.8, 4) is 0 Å². The van der Waals surface area contributed by atoms with Gasteiger partial charge < -0.3 is 15.2 Å². The second-order valence-corrected chi connectivity index (χ2v) is 6.99. The van der Waals surface area contributed by atoms with Gasteiger partial charge in [0.15, 0.2) is 11.5 Å². The summed E-state index contributed by atoms with van der Waals surface area (Å²) in [5, 5.41) is 5.05. The molecule has 144 valence electrons. The van der Waals surface area contributed by atoms with Crippen LogP contribution in [0.2, 0.25) is 0 Å². The van der Waals surface area contributed by atoms with E-state index in [0.717, 1.165) is 25.0 Å². The maximum Gasteiger partial charge on any atom is 0.287 e. The first-order valence-corrected chi connectivity index (χ1v) is 9.01. The average molecular weight is 376 g/mol. The van der Waals surface area contributed by atoms with Crippen LogP contribution in [-0.4, -0.2) is 27.9 Å². The van der Waals surface area contributed by atoms with E-state index >= 15 is 0 Å². The molecule has 2 N–H and O–H groups in total. The number of carbonyl (C=O) groups is 2. The maximum absolute atomic E-state index is 13.8. The van der Waals surface area contributed by atoms with Crippen LogP contribution in [0.25, 0.3) is 0 Å². The van der Waals surface area contributed by atoms with Crippen molar-refractivity contribution in [1.82, 2.24) is 14.9 Å². The summed E-state index contributed by atoms with van der Waals surface area (Å²) in [5.74, 6) is -2.39. The van der Waals surface area contributed by atoms with Crippen molar-refractivity contribution in [2.24, 2.45) is 5.92 Å². The van der Waals surface area contributed by atoms with Gasteiger partial charge in [-0.1, -0.05) is 19.9 Å². The number of carbonyl (C=O) groups excluding carboxylic acids is 2. The quantitative estimate of drug-likeness (QED) is 0.842. The third kappa shape index (κ3) is 3.99. The summed E-state index contributed by atoms with van der Waals surface area (Å²) in [6.07, 6.45) is 2.30. The predicted molar refractivity (Wildman–Crippen MR) is 96.6 cm³/mol. The van der Waals surface area contributed by atoms with Crippen LogP contribution in [0.5, 0.6) is 0 Å². The summed E-state index contributed by atoms with van der Waals surface area (Å²) in [6, 6.07) is 3.34. The lowest BCUT2D eigenvalue weighted by Gasteiger charge is -2.17. The number of nitrogens with zero attached hydrogens (tertiary/aromatic N) is 2. The Hall–Kier alpha value is -2.77. The zero-order valence-corrected chi connectivity index (χ0v) is 15.3. The molecular weight excluding hydrogens is 354 g/mol. The van der Waals surface area contributed by atoms with Crippen molar-refractivity contribution in [2.45, 2.75) is 39.7 Å². The monoisotopic (exact) mass is 376 g/mol. The standard InChI is InChI=1S/C19H22F2N4O2/c1-11(2)10-22-19(27)17-23-16(14-8-3-4-9-25(14)17)18(26)24-15-12(20)6-5-7-13(15)21/h5-7,11H,3-4,8-10H2,1-2H3,(H,22,27)(H,24,26). The lowest BCUT2D eigenvalue weighted by molar-refractivity contribution is 0.0933.